The second-order valence-corrected chi connectivity index (χ2v) is 8.07. The molecule has 0 aliphatic rings. The van der Waals surface area contributed by atoms with Crippen LogP contribution in [0.4, 0.5) is 0 Å². The lowest BCUT2D eigenvalue weighted by atomic mass is 10.1. The van der Waals surface area contributed by atoms with Crippen molar-refractivity contribution >= 4 is 39.0 Å². The van der Waals surface area contributed by atoms with Gasteiger partial charge in [-0.05, 0) is 42.0 Å². The van der Waals surface area contributed by atoms with Crippen LogP contribution >= 0.6 is 15.9 Å². The van der Waals surface area contributed by atoms with Gasteiger partial charge < -0.3 is 19.6 Å². The van der Waals surface area contributed by atoms with E-state index in [0.29, 0.717) is 32.4 Å². The third-order valence-electron chi connectivity index (χ3n) is 4.95. The highest BCUT2D eigenvalue weighted by Crippen LogP contribution is 2.34. The fourth-order valence-electron chi connectivity index (χ4n) is 3.27. The second kappa shape index (κ2) is 9.75. The lowest BCUT2D eigenvalue weighted by Crippen LogP contribution is -2.32. The van der Waals surface area contributed by atoms with Crippen molar-refractivity contribution in [1.82, 2.24) is 9.66 Å². The van der Waals surface area contributed by atoms with Gasteiger partial charge in [0.2, 0.25) is 0 Å². The normalized spacial score (nSPS) is 11.1. The molecule has 1 aromatic heterocycles. The van der Waals surface area contributed by atoms with Gasteiger partial charge in [-0.25, -0.2) is 9.59 Å². The maximum Gasteiger partial charge on any atom is 0.349 e. The van der Waals surface area contributed by atoms with Gasteiger partial charge in [0.05, 0.1) is 29.8 Å². The SMILES string of the molecule is COc1cc(Br)cc(C=Nn2c(=O)[nH]c3ccccc3c2=O)c1OCc1ccc(C(=O)O)cc1. The number of rotatable bonds is 7. The van der Waals surface area contributed by atoms with Crippen LogP contribution in [0.1, 0.15) is 21.5 Å². The van der Waals surface area contributed by atoms with Crippen LogP contribution in [0.15, 0.2) is 79.8 Å². The number of nitrogens with one attached hydrogen (secondary N) is 1. The predicted octanol–water partition coefficient (Wildman–Crippen LogP) is 3.62. The molecule has 172 valence electrons. The molecule has 0 aliphatic heterocycles. The van der Waals surface area contributed by atoms with E-state index >= 15 is 0 Å². The van der Waals surface area contributed by atoms with Gasteiger partial charge >= 0.3 is 11.7 Å². The highest BCUT2D eigenvalue weighted by molar-refractivity contribution is 9.10. The summed E-state index contributed by atoms with van der Waals surface area (Å²) in [5.41, 5.74) is 0.546. The molecule has 1 heterocycles. The number of fused-ring (bicyclic) bond motifs is 1. The Labute approximate surface area is 201 Å². The number of para-hydroxylation sites is 1. The standard InChI is InChI=1S/C24H18BrN3O6/c1-33-20-11-17(25)10-16(21(20)34-13-14-6-8-15(9-7-14)23(30)31)12-26-28-22(29)18-4-2-3-5-19(18)27-24(28)32/h2-12H,13H2,1H3,(H,27,32)(H,30,31). The molecular weight excluding hydrogens is 506 g/mol. The van der Waals surface area contributed by atoms with Crippen molar-refractivity contribution in [3.05, 3.63) is 103 Å². The number of benzene rings is 3. The first-order valence-electron chi connectivity index (χ1n) is 9.98. The van der Waals surface area contributed by atoms with Crippen LogP contribution in [0.2, 0.25) is 0 Å². The van der Waals surface area contributed by atoms with E-state index in [1.54, 1.807) is 48.5 Å². The minimum absolute atomic E-state index is 0.120. The summed E-state index contributed by atoms with van der Waals surface area (Å²) in [5, 5.41) is 13.5. The Bertz CT molecular complexity index is 1520. The zero-order chi connectivity index (χ0) is 24.2. The van der Waals surface area contributed by atoms with E-state index in [1.807, 2.05) is 0 Å². The molecular formula is C24H18BrN3O6. The Hall–Kier alpha value is -4.18. The number of ether oxygens (including phenoxy) is 2. The maximum absolute atomic E-state index is 12.8. The van der Waals surface area contributed by atoms with E-state index in [-0.39, 0.29) is 12.2 Å². The van der Waals surface area contributed by atoms with E-state index in [2.05, 4.69) is 26.0 Å². The third-order valence-corrected chi connectivity index (χ3v) is 5.41. The molecule has 4 aromatic rings. The average Bonchev–Trinajstić information content (AvgIpc) is 2.83. The summed E-state index contributed by atoms with van der Waals surface area (Å²) in [6, 6.07) is 16.3. The molecule has 9 nitrogen and oxygen atoms in total. The Balaban J connectivity index is 1.70. The number of nitrogens with zero attached hydrogens (tertiary/aromatic N) is 2. The van der Waals surface area contributed by atoms with Gasteiger partial charge in [0.1, 0.15) is 6.61 Å². The van der Waals surface area contributed by atoms with Crippen LogP contribution in [-0.4, -0.2) is 34.1 Å². The maximum atomic E-state index is 12.8. The van der Waals surface area contributed by atoms with Crippen LogP contribution < -0.4 is 20.7 Å². The highest BCUT2D eigenvalue weighted by atomic mass is 79.9. The molecule has 34 heavy (non-hydrogen) atoms. The number of H-pyrrole nitrogens is 1. The molecule has 2 N–H and O–H groups in total. The summed E-state index contributed by atoms with van der Waals surface area (Å²) < 4.78 is 12.8. The van der Waals surface area contributed by atoms with Gasteiger partial charge in [0, 0.05) is 10.0 Å². The van der Waals surface area contributed by atoms with Crippen molar-refractivity contribution in [1.29, 1.82) is 0 Å². The molecule has 4 rings (SSSR count). The average molecular weight is 524 g/mol. The number of carbonyl (C=O) groups is 1. The van der Waals surface area contributed by atoms with Gasteiger partial charge in [-0.1, -0.05) is 40.2 Å². The Kier molecular flexibility index (Phi) is 6.60. The number of aromatic carboxylic acids is 1. The first-order valence-corrected chi connectivity index (χ1v) is 10.8. The summed E-state index contributed by atoms with van der Waals surface area (Å²) in [4.78, 5) is 38.9. The predicted molar refractivity (Wildman–Crippen MR) is 130 cm³/mol. The summed E-state index contributed by atoms with van der Waals surface area (Å²) in [5.74, 6) is -0.278. The molecule has 0 bridgehead atoms. The van der Waals surface area contributed by atoms with E-state index in [0.717, 1.165) is 10.2 Å². The van der Waals surface area contributed by atoms with Crippen molar-refractivity contribution in [3.8, 4) is 11.5 Å². The zero-order valence-corrected chi connectivity index (χ0v) is 19.4. The van der Waals surface area contributed by atoms with Crippen LogP contribution in [0.5, 0.6) is 11.5 Å². The summed E-state index contributed by atoms with van der Waals surface area (Å²) >= 11 is 3.40. The zero-order valence-electron chi connectivity index (χ0n) is 17.8. The van der Waals surface area contributed by atoms with Gasteiger partial charge in [0.25, 0.3) is 5.56 Å². The van der Waals surface area contributed by atoms with Crippen LogP contribution in [0, 0.1) is 0 Å². The quantitative estimate of drug-likeness (QED) is 0.356. The molecule has 0 fully saturated rings. The van der Waals surface area contributed by atoms with Crippen molar-refractivity contribution in [2.45, 2.75) is 6.61 Å². The molecule has 0 saturated heterocycles. The first-order chi connectivity index (χ1) is 16.4. The van der Waals surface area contributed by atoms with Crippen molar-refractivity contribution in [2.75, 3.05) is 7.11 Å². The van der Waals surface area contributed by atoms with Gasteiger partial charge in [-0.2, -0.15) is 5.10 Å². The van der Waals surface area contributed by atoms with Gasteiger partial charge in [-0.3, -0.25) is 4.79 Å². The van der Waals surface area contributed by atoms with E-state index in [1.165, 1.54) is 25.5 Å². The van der Waals surface area contributed by atoms with E-state index < -0.39 is 17.2 Å². The third kappa shape index (κ3) is 4.76. The minimum Gasteiger partial charge on any atom is -0.493 e. The number of hydrogen-bond donors (Lipinski definition) is 2. The first kappa shape index (κ1) is 23.0. The van der Waals surface area contributed by atoms with E-state index in [4.69, 9.17) is 14.6 Å². The summed E-state index contributed by atoms with van der Waals surface area (Å²) in [7, 11) is 1.48. The molecule has 0 atom stereocenters. The second-order valence-electron chi connectivity index (χ2n) is 7.15. The van der Waals surface area contributed by atoms with Gasteiger partial charge in [-0.15, -0.1) is 4.68 Å². The summed E-state index contributed by atoms with van der Waals surface area (Å²) in [6.45, 7) is 0.120. The minimum atomic E-state index is -1.01. The number of methoxy groups -OCH3 is 1. The molecule has 10 heteroatoms. The molecule has 0 aliphatic carbocycles. The monoisotopic (exact) mass is 523 g/mol. The Morgan fingerprint density at radius 3 is 2.59 bits per heavy atom. The van der Waals surface area contributed by atoms with Crippen LogP contribution in [0.25, 0.3) is 10.9 Å². The van der Waals surface area contributed by atoms with Crippen LogP contribution in [0.3, 0.4) is 0 Å². The molecule has 0 amide bonds. The van der Waals surface area contributed by atoms with E-state index in [9.17, 15) is 14.4 Å². The largest absolute Gasteiger partial charge is 0.493 e. The molecule has 0 saturated carbocycles. The number of aromatic nitrogens is 2. The number of halogens is 1. The van der Waals surface area contributed by atoms with Gasteiger partial charge in [0.15, 0.2) is 11.5 Å². The Morgan fingerprint density at radius 2 is 1.88 bits per heavy atom. The van der Waals surface area contributed by atoms with Crippen molar-refractivity contribution in [2.24, 2.45) is 5.10 Å². The molecule has 3 aromatic carbocycles. The summed E-state index contributed by atoms with van der Waals surface area (Å²) in [6.07, 6.45) is 1.33. The van der Waals surface area contributed by atoms with Crippen LogP contribution in [-0.2, 0) is 6.61 Å². The highest BCUT2D eigenvalue weighted by Gasteiger charge is 2.13. The van der Waals surface area contributed by atoms with Crippen molar-refractivity contribution in [3.63, 3.8) is 0 Å². The lowest BCUT2D eigenvalue weighted by molar-refractivity contribution is 0.0697. The number of hydrogen-bond acceptors (Lipinski definition) is 6. The number of carboxylic acids is 1. The number of carboxylic acid groups (broad SMARTS) is 1. The Morgan fingerprint density at radius 1 is 1.15 bits per heavy atom. The topological polar surface area (TPSA) is 123 Å². The fourth-order valence-corrected chi connectivity index (χ4v) is 3.72. The molecule has 0 radical (unpaired) electrons. The molecule has 0 unspecified atom stereocenters. The number of aromatic amines is 1. The molecule has 0 spiro atoms. The smallest absolute Gasteiger partial charge is 0.349 e. The van der Waals surface area contributed by atoms with Crippen molar-refractivity contribution < 1.29 is 19.4 Å². The lowest BCUT2D eigenvalue weighted by Gasteiger charge is -2.14. The fraction of sp³-hybridized carbons (Fsp3) is 0.0833.